The topological polar surface area (TPSA) is 318 Å². The lowest BCUT2D eigenvalue weighted by Gasteiger charge is -2.38. The van der Waals surface area contributed by atoms with Crippen molar-refractivity contribution in [3.63, 3.8) is 0 Å². The molecule has 11 unspecified atom stereocenters. The van der Waals surface area contributed by atoms with E-state index in [9.17, 15) is 77.5 Å². The van der Waals surface area contributed by atoms with E-state index in [1.807, 2.05) is 102 Å². The number of likely N-dealkylation sites (tertiary alicyclic amines) is 7. The fraction of sp³-hybridized carbons (Fsp3) is 0.910. The Bertz CT molecular complexity index is 2910. The van der Waals surface area contributed by atoms with Crippen molar-refractivity contribution in [2.75, 3.05) is 162 Å². The first-order valence-corrected chi connectivity index (χ1v) is 41.7. The molecule has 0 radical (unpaired) electrons. The minimum absolute atomic E-state index is 0.00539. The summed E-state index contributed by atoms with van der Waals surface area (Å²) in [6.07, 6.45) is -2.22. The Balaban J connectivity index is 0.000000677. The van der Waals surface area contributed by atoms with Gasteiger partial charge in [0, 0.05) is 152 Å². The highest BCUT2D eigenvalue weighted by atomic mass is 32.2. The third-order valence-corrected chi connectivity index (χ3v) is 22.4. The van der Waals surface area contributed by atoms with Crippen LogP contribution in [0.5, 0.6) is 0 Å². The van der Waals surface area contributed by atoms with Gasteiger partial charge in [0.15, 0.2) is 0 Å². The number of nitrogens with zero attached hydrogens (tertiary/aromatic N) is 9. The predicted molar refractivity (Wildman–Crippen MR) is 429 cm³/mol. The van der Waals surface area contributed by atoms with Gasteiger partial charge >= 0.3 is 41.8 Å². The first kappa shape index (κ1) is 110. The number of thioether (sulfide) groups is 2. The average Bonchev–Trinajstić information content (AvgIpc) is 1.67. The molecule has 11 atom stereocenters. The van der Waals surface area contributed by atoms with E-state index in [2.05, 4.69) is 56.2 Å². The first-order chi connectivity index (χ1) is 52.6. The van der Waals surface area contributed by atoms with Gasteiger partial charge in [-0.2, -0.15) is 0 Å². The molecule has 0 aromatic rings. The van der Waals surface area contributed by atoms with Crippen molar-refractivity contribution in [3.05, 3.63) is 0 Å². The largest absolute Gasteiger partial charge is 0.481 e. The van der Waals surface area contributed by atoms with Crippen LogP contribution in [0.2, 0.25) is 0 Å². The van der Waals surface area contributed by atoms with Gasteiger partial charge in [0.25, 0.3) is 17.8 Å². The average molecular weight is 1730 g/mol. The third-order valence-electron chi connectivity index (χ3n) is 20.3. The lowest BCUT2D eigenvalue weighted by molar-refractivity contribution is -0.144. The molecule has 0 bridgehead atoms. The number of hydrogen-bond acceptors (Lipinski definition) is 21. The maximum Gasteiger partial charge on any atom is 0.329 e. The molecule has 116 heavy (non-hydrogen) atoms. The number of halogens is 10. The standard InChI is InChI=1S/C12H22F2N2O2.C12H23FN2O2.C11H19F2NO3.2C11H20FNO3.C11H20FNO2S.C10H17F2NO2S/c1-11(2,3)16-8-12(13,14)5-9(16)6-15(4)7-10(17)18;1-12(2,3)15-6-9(13)5-10(15)7-14(4)8-11(16)17;1-10(2,3)14-4-8(11(12,13)7-14)5-17-6-9(15)16;1-11(2,3)13-4-8(9(12)5-13)6-16-7-10(14)15;2*1-11(2,3)13-5-8(12)4-9(13)6-16-7-10(14)15;1-7(2)13-6-10(11,12)3-8(13)4-16-5-9(14)15/h9H,5-8H2,1-4H3,(H,17,18);9-10H,5-8H2,1-4H3,(H,16,17);8H,4-7H2,1-3H3,(H,15,16);3*8-9H,4-7H2,1-3H3,(H,14,15);7-8H,3-6H2,1-2H3,(H,14,15). The van der Waals surface area contributed by atoms with Crippen LogP contribution in [0, 0.1) is 11.8 Å². The van der Waals surface area contributed by atoms with E-state index in [-0.39, 0.29) is 172 Å². The molecule has 0 spiro atoms. The molecule has 0 aliphatic carbocycles. The lowest BCUT2D eigenvalue weighted by Crippen LogP contribution is -2.49. The zero-order valence-corrected chi connectivity index (χ0v) is 74.2. The fourth-order valence-corrected chi connectivity index (χ4v) is 16.6. The quantitative estimate of drug-likeness (QED) is 0.0342. The van der Waals surface area contributed by atoms with E-state index in [1.54, 1.807) is 38.6 Å². The molecule has 7 aliphatic rings. The van der Waals surface area contributed by atoms with Crippen molar-refractivity contribution in [2.24, 2.45) is 11.8 Å². The second kappa shape index (κ2) is 48.0. The van der Waals surface area contributed by atoms with E-state index in [0.29, 0.717) is 76.6 Å². The van der Waals surface area contributed by atoms with Crippen LogP contribution in [0.3, 0.4) is 0 Å². The number of aliphatic carboxylic acids is 7. The molecular formula is C78H141F10N9O17S2. The van der Waals surface area contributed by atoms with Crippen LogP contribution < -0.4 is 0 Å². The summed E-state index contributed by atoms with van der Waals surface area (Å²) in [5.74, 6) is -14.6. The molecule has 26 nitrogen and oxygen atoms in total. The van der Waals surface area contributed by atoms with Crippen LogP contribution in [-0.4, -0.2) is 395 Å². The van der Waals surface area contributed by atoms with Crippen LogP contribution in [0.15, 0.2) is 0 Å². The van der Waals surface area contributed by atoms with Gasteiger partial charge in [-0.05, 0) is 172 Å². The van der Waals surface area contributed by atoms with Gasteiger partial charge in [0.1, 0.15) is 44.5 Å². The van der Waals surface area contributed by atoms with Gasteiger partial charge in [-0.25, -0.2) is 58.3 Å². The second-order valence-corrected chi connectivity index (χ2v) is 39.6. The van der Waals surface area contributed by atoms with Gasteiger partial charge < -0.3 is 50.0 Å². The molecule has 7 fully saturated rings. The number of alkyl halides is 10. The summed E-state index contributed by atoms with van der Waals surface area (Å²) in [5.41, 5.74) is -0.936. The van der Waals surface area contributed by atoms with Crippen molar-refractivity contribution in [2.45, 2.75) is 283 Å². The maximum atomic E-state index is 13.6. The number of ether oxygens (including phenoxy) is 3. The number of carboxylic acid groups (broad SMARTS) is 7. The van der Waals surface area contributed by atoms with E-state index >= 15 is 0 Å². The number of likely N-dealkylation sites (N-methyl/N-ethyl adjacent to an activating group) is 2. The van der Waals surface area contributed by atoms with Gasteiger partial charge in [0.05, 0.1) is 70.0 Å². The molecule has 7 aliphatic heterocycles. The fourth-order valence-electron chi connectivity index (χ4n) is 14.9. The monoisotopic (exact) mass is 1730 g/mol. The van der Waals surface area contributed by atoms with Gasteiger partial charge in [-0.3, -0.25) is 63.3 Å². The van der Waals surface area contributed by atoms with Crippen LogP contribution >= 0.6 is 23.5 Å². The van der Waals surface area contributed by atoms with Crippen molar-refractivity contribution < 1.29 is 127 Å². The van der Waals surface area contributed by atoms with Crippen LogP contribution in [0.1, 0.15) is 171 Å². The third kappa shape index (κ3) is 43.5. The highest BCUT2D eigenvalue weighted by Crippen LogP contribution is 2.40. The Morgan fingerprint density at radius 3 is 1.16 bits per heavy atom. The van der Waals surface area contributed by atoms with Crippen molar-refractivity contribution in [1.29, 1.82) is 0 Å². The summed E-state index contributed by atoms with van der Waals surface area (Å²) in [6.45, 7) is 41.4. The molecule has 0 saturated carbocycles. The van der Waals surface area contributed by atoms with E-state index in [1.165, 1.54) is 23.5 Å². The minimum Gasteiger partial charge on any atom is -0.481 e. The first-order valence-electron chi connectivity index (χ1n) is 39.4. The number of hydrogen-bond donors (Lipinski definition) is 7. The summed E-state index contributed by atoms with van der Waals surface area (Å²) < 4.78 is 149. The Morgan fingerprint density at radius 2 is 0.776 bits per heavy atom. The molecule has 7 saturated heterocycles. The number of rotatable bonds is 29. The normalized spacial score (nSPS) is 26.2. The van der Waals surface area contributed by atoms with E-state index < -0.39 is 96.8 Å². The Morgan fingerprint density at radius 1 is 0.414 bits per heavy atom. The van der Waals surface area contributed by atoms with Gasteiger partial charge in [-0.15, -0.1) is 23.5 Å². The summed E-state index contributed by atoms with van der Waals surface area (Å²) in [4.78, 5) is 89.6. The Kier molecular flexibility index (Phi) is 45.5. The molecule has 0 aromatic heterocycles. The smallest absolute Gasteiger partial charge is 0.329 e. The maximum absolute atomic E-state index is 13.6. The van der Waals surface area contributed by atoms with Gasteiger partial charge in [0.2, 0.25) is 0 Å². The van der Waals surface area contributed by atoms with Crippen LogP contribution in [0.25, 0.3) is 0 Å². The van der Waals surface area contributed by atoms with Crippen LogP contribution in [0.4, 0.5) is 43.9 Å². The molecular weight excluding hydrogens is 1590 g/mol. The molecule has 38 heteroatoms. The summed E-state index contributed by atoms with van der Waals surface area (Å²) in [5, 5.41) is 59.7. The SMILES string of the molecule is CC(C)(C)N1CC(COCC(=O)O)C(F)(F)C1.CC(C)(C)N1CC(F)C(COCC(=O)O)C1.CC(C)(C)N1CC(F)CC1COCC(=O)O.CC(C)(C)N1CC(F)CC1CSCC(=O)O.CC(C)N1CC(F)(F)CC1CSCC(=O)O.CN(CC(=O)O)CC1CC(F)(F)CN1C(C)(C)C.CN(CC(=O)O)CC1CC(F)CN1C(C)(C)C. The van der Waals surface area contributed by atoms with E-state index in [4.69, 9.17) is 50.0 Å². The highest BCUT2D eigenvalue weighted by Gasteiger charge is 2.52. The summed E-state index contributed by atoms with van der Waals surface area (Å²) >= 11 is 2.58. The Labute approximate surface area is 690 Å². The second-order valence-electron chi connectivity index (χ2n) is 37.5. The molecule has 0 amide bonds. The molecule has 7 rings (SSSR count). The predicted octanol–water partition coefficient (Wildman–Crippen LogP) is 10.6. The zero-order valence-electron chi connectivity index (χ0n) is 72.6. The molecule has 7 heterocycles. The molecule has 7 N–H and O–H groups in total. The Hall–Kier alpha value is -4.19. The van der Waals surface area contributed by atoms with Crippen molar-refractivity contribution in [1.82, 2.24) is 44.1 Å². The highest BCUT2D eigenvalue weighted by molar-refractivity contribution is 8.00. The van der Waals surface area contributed by atoms with E-state index in [0.717, 1.165) is 0 Å². The van der Waals surface area contributed by atoms with Gasteiger partial charge in [-0.1, -0.05) is 0 Å². The molecule has 0 aromatic carbocycles. The zero-order chi connectivity index (χ0) is 90.0. The van der Waals surface area contributed by atoms with Crippen LogP contribution in [-0.2, 0) is 47.8 Å². The number of carbonyl (C=O) groups is 7. The van der Waals surface area contributed by atoms with Crippen molar-refractivity contribution >= 4 is 65.3 Å². The molecule has 682 valence electrons. The van der Waals surface area contributed by atoms with Crippen molar-refractivity contribution in [3.8, 4) is 0 Å². The summed E-state index contributed by atoms with van der Waals surface area (Å²) in [6, 6.07) is -0.185. The lowest BCUT2D eigenvalue weighted by atomic mass is 10.0. The summed E-state index contributed by atoms with van der Waals surface area (Å²) in [7, 11) is 3.41. The minimum atomic E-state index is -2.81. The number of carboxylic acids is 7.